The summed E-state index contributed by atoms with van der Waals surface area (Å²) in [4.78, 5) is 30.4. The van der Waals surface area contributed by atoms with Crippen molar-refractivity contribution in [3.63, 3.8) is 0 Å². The Morgan fingerprint density at radius 1 is 1.18 bits per heavy atom. The summed E-state index contributed by atoms with van der Waals surface area (Å²) in [6, 6.07) is 12.0. The molecule has 0 bridgehead atoms. The monoisotopic (exact) mass is 396 g/mol. The standard InChI is InChI=1S/C21H20N2O4S/c1-13-8-9-18(14(2)10-13)23(15(3)24)21-22-16(12-28-21)11-27-20(26)17-6-4-5-7-19(17)25/h4-10,12,25H,11H2,1-3H3. The zero-order valence-corrected chi connectivity index (χ0v) is 16.6. The molecule has 3 rings (SSSR count). The molecular formula is C21H20N2O4S. The number of hydrogen-bond acceptors (Lipinski definition) is 6. The number of aromatic nitrogens is 1. The minimum absolute atomic E-state index is 0.0533. The lowest BCUT2D eigenvalue weighted by atomic mass is 10.1. The van der Waals surface area contributed by atoms with Crippen LogP contribution in [-0.4, -0.2) is 22.0 Å². The Hall–Kier alpha value is -3.19. The topological polar surface area (TPSA) is 79.7 Å². The van der Waals surface area contributed by atoms with E-state index in [9.17, 15) is 14.7 Å². The summed E-state index contributed by atoms with van der Waals surface area (Å²) >= 11 is 1.30. The minimum atomic E-state index is -0.634. The summed E-state index contributed by atoms with van der Waals surface area (Å²) in [6.45, 7) is 5.37. The number of carbonyl (C=O) groups excluding carboxylic acids is 2. The van der Waals surface area contributed by atoms with Gasteiger partial charge in [0.1, 0.15) is 17.9 Å². The molecule has 0 saturated carbocycles. The van der Waals surface area contributed by atoms with E-state index in [-0.39, 0.29) is 23.8 Å². The van der Waals surface area contributed by atoms with Crippen LogP contribution in [0.3, 0.4) is 0 Å². The molecule has 0 aliphatic heterocycles. The van der Waals surface area contributed by atoms with Gasteiger partial charge in [-0.1, -0.05) is 29.8 Å². The number of phenols is 1. The molecule has 28 heavy (non-hydrogen) atoms. The van der Waals surface area contributed by atoms with Crippen molar-refractivity contribution < 1.29 is 19.4 Å². The number of phenolic OH excluding ortho intramolecular Hbond substituents is 1. The van der Waals surface area contributed by atoms with E-state index >= 15 is 0 Å². The number of aromatic hydroxyl groups is 1. The second-order valence-corrected chi connectivity index (χ2v) is 7.20. The lowest BCUT2D eigenvalue weighted by Crippen LogP contribution is -2.23. The van der Waals surface area contributed by atoms with Gasteiger partial charge in [0.15, 0.2) is 5.13 Å². The van der Waals surface area contributed by atoms with Crippen molar-refractivity contribution in [2.75, 3.05) is 4.90 Å². The van der Waals surface area contributed by atoms with Crippen LogP contribution in [0.1, 0.15) is 34.1 Å². The molecule has 7 heteroatoms. The van der Waals surface area contributed by atoms with E-state index in [0.29, 0.717) is 10.8 Å². The number of aryl methyl sites for hydroxylation is 2. The number of para-hydroxylation sites is 1. The van der Waals surface area contributed by atoms with Crippen LogP contribution in [0, 0.1) is 13.8 Å². The van der Waals surface area contributed by atoms with Crippen molar-refractivity contribution in [1.82, 2.24) is 4.98 Å². The number of hydrogen-bond donors (Lipinski definition) is 1. The van der Waals surface area contributed by atoms with E-state index in [1.165, 1.54) is 30.4 Å². The number of thiazole rings is 1. The molecule has 0 saturated heterocycles. The van der Waals surface area contributed by atoms with Gasteiger partial charge in [0.05, 0.1) is 11.4 Å². The second kappa shape index (κ2) is 8.22. The fraction of sp³-hybridized carbons (Fsp3) is 0.190. The van der Waals surface area contributed by atoms with E-state index in [1.807, 2.05) is 32.0 Å². The van der Waals surface area contributed by atoms with Gasteiger partial charge in [-0.3, -0.25) is 9.69 Å². The Kier molecular flexibility index (Phi) is 5.75. The first-order valence-corrected chi connectivity index (χ1v) is 9.52. The highest BCUT2D eigenvalue weighted by Crippen LogP contribution is 2.32. The molecule has 1 aromatic heterocycles. The van der Waals surface area contributed by atoms with Crippen LogP contribution in [0.15, 0.2) is 47.8 Å². The highest BCUT2D eigenvalue weighted by atomic mass is 32.1. The van der Waals surface area contributed by atoms with Gasteiger partial charge < -0.3 is 9.84 Å². The maximum Gasteiger partial charge on any atom is 0.342 e. The van der Waals surface area contributed by atoms with Crippen molar-refractivity contribution in [3.05, 3.63) is 70.2 Å². The molecule has 1 amide bonds. The first-order valence-electron chi connectivity index (χ1n) is 8.64. The van der Waals surface area contributed by atoms with Crippen molar-refractivity contribution in [2.24, 2.45) is 0 Å². The summed E-state index contributed by atoms with van der Waals surface area (Å²) < 4.78 is 5.24. The fourth-order valence-electron chi connectivity index (χ4n) is 2.79. The van der Waals surface area contributed by atoms with Crippen LogP contribution >= 0.6 is 11.3 Å². The molecule has 0 atom stereocenters. The van der Waals surface area contributed by atoms with E-state index in [0.717, 1.165) is 16.8 Å². The molecule has 0 fully saturated rings. The number of ether oxygens (including phenoxy) is 1. The summed E-state index contributed by atoms with van der Waals surface area (Å²) in [7, 11) is 0. The van der Waals surface area contributed by atoms with E-state index < -0.39 is 5.97 Å². The van der Waals surface area contributed by atoms with Crippen LogP contribution in [0.2, 0.25) is 0 Å². The van der Waals surface area contributed by atoms with E-state index in [2.05, 4.69) is 4.98 Å². The Morgan fingerprint density at radius 2 is 1.93 bits per heavy atom. The summed E-state index contributed by atoms with van der Waals surface area (Å²) in [5.74, 6) is -0.923. The van der Waals surface area contributed by atoms with Gasteiger partial charge in [-0.25, -0.2) is 9.78 Å². The van der Waals surface area contributed by atoms with Crippen molar-refractivity contribution in [2.45, 2.75) is 27.4 Å². The Bertz CT molecular complexity index is 1030. The first-order chi connectivity index (χ1) is 13.4. The molecule has 0 radical (unpaired) electrons. The summed E-state index contributed by atoms with van der Waals surface area (Å²) in [6.07, 6.45) is 0. The fourth-order valence-corrected chi connectivity index (χ4v) is 3.66. The SMILES string of the molecule is CC(=O)N(c1nc(COC(=O)c2ccccc2O)cs1)c1ccc(C)cc1C. The van der Waals surface area contributed by atoms with Gasteiger partial charge in [0.2, 0.25) is 5.91 Å². The normalized spacial score (nSPS) is 10.5. The highest BCUT2D eigenvalue weighted by molar-refractivity contribution is 7.14. The van der Waals surface area contributed by atoms with Crippen molar-refractivity contribution >= 4 is 34.0 Å². The minimum Gasteiger partial charge on any atom is -0.507 e. The molecule has 0 unspecified atom stereocenters. The van der Waals surface area contributed by atoms with Crippen molar-refractivity contribution in [1.29, 1.82) is 0 Å². The zero-order valence-electron chi connectivity index (χ0n) is 15.8. The molecule has 1 heterocycles. The Labute approximate surface area is 167 Å². The third-order valence-electron chi connectivity index (χ3n) is 4.11. The molecule has 3 aromatic rings. The number of rotatable bonds is 5. The second-order valence-electron chi connectivity index (χ2n) is 6.36. The van der Waals surface area contributed by atoms with Crippen LogP contribution < -0.4 is 4.90 Å². The van der Waals surface area contributed by atoms with Crippen molar-refractivity contribution in [3.8, 4) is 5.75 Å². The average molecular weight is 396 g/mol. The lowest BCUT2D eigenvalue weighted by molar-refractivity contribution is -0.115. The van der Waals surface area contributed by atoms with Gasteiger partial charge >= 0.3 is 5.97 Å². The number of nitrogens with zero attached hydrogens (tertiary/aromatic N) is 2. The van der Waals surface area contributed by atoms with Crippen LogP contribution in [0.4, 0.5) is 10.8 Å². The molecule has 0 aliphatic rings. The van der Waals surface area contributed by atoms with E-state index in [4.69, 9.17) is 4.74 Å². The first kappa shape index (κ1) is 19.6. The molecule has 144 valence electrons. The third-order valence-corrected chi connectivity index (χ3v) is 4.99. The molecule has 1 N–H and O–H groups in total. The molecule has 0 spiro atoms. The Morgan fingerprint density at radius 3 is 2.61 bits per heavy atom. The van der Waals surface area contributed by atoms with Gasteiger partial charge in [-0.2, -0.15) is 0 Å². The summed E-state index contributed by atoms with van der Waals surface area (Å²) in [5.41, 5.74) is 3.47. The number of benzene rings is 2. The smallest absolute Gasteiger partial charge is 0.342 e. The molecule has 2 aromatic carbocycles. The average Bonchev–Trinajstić information content (AvgIpc) is 3.10. The maximum atomic E-state index is 12.3. The molecule has 0 aliphatic carbocycles. The lowest BCUT2D eigenvalue weighted by Gasteiger charge is -2.20. The number of carbonyl (C=O) groups is 2. The largest absolute Gasteiger partial charge is 0.507 e. The molecular weight excluding hydrogens is 376 g/mol. The number of amides is 1. The zero-order chi connectivity index (χ0) is 20.3. The van der Waals surface area contributed by atoms with Gasteiger partial charge in [0, 0.05) is 12.3 Å². The maximum absolute atomic E-state index is 12.3. The third kappa shape index (κ3) is 4.20. The van der Waals surface area contributed by atoms with Gasteiger partial charge in [0.25, 0.3) is 0 Å². The Balaban J connectivity index is 1.77. The quantitative estimate of drug-likeness (QED) is 0.642. The molecule has 6 nitrogen and oxygen atoms in total. The van der Waals surface area contributed by atoms with Crippen LogP contribution in [0.5, 0.6) is 5.75 Å². The highest BCUT2D eigenvalue weighted by Gasteiger charge is 2.20. The predicted molar refractivity (Wildman–Crippen MR) is 108 cm³/mol. The van der Waals surface area contributed by atoms with E-state index in [1.54, 1.807) is 22.4 Å². The van der Waals surface area contributed by atoms with Crippen LogP contribution in [-0.2, 0) is 16.1 Å². The number of anilines is 2. The van der Waals surface area contributed by atoms with Gasteiger partial charge in [-0.15, -0.1) is 11.3 Å². The van der Waals surface area contributed by atoms with Gasteiger partial charge in [-0.05, 0) is 37.6 Å². The predicted octanol–water partition coefficient (Wildman–Crippen LogP) is 4.51. The number of esters is 1. The summed E-state index contributed by atoms with van der Waals surface area (Å²) in [5, 5.41) is 12.0. The van der Waals surface area contributed by atoms with Crippen LogP contribution in [0.25, 0.3) is 0 Å².